The lowest BCUT2D eigenvalue weighted by atomic mass is 10.1. The Morgan fingerprint density at radius 1 is 0.552 bits per heavy atom. The zero-order chi connectivity index (χ0) is 40.9. The Balaban J connectivity index is 0.000000177. The molecule has 3 heterocycles. The van der Waals surface area contributed by atoms with Gasteiger partial charge in [0, 0.05) is 42.5 Å². The van der Waals surface area contributed by atoms with Gasteiger partial charge in [0.1, 0.15) is 0 Å². The van der Waals surface area contributed by atoms with Gasteiger partial charge in [-0.25, -0.2) is 23.7 Å². The minimum absolute atomic E-state index is 0.202. The molecule has 3 aromatic heterocycles. The summed E-state index contributed by atoms with van der Waals surface area (Å²) in [5.41, 5.74) is 4.27. The maximum Gasteiger partial charge on any atom is 0.336 e. The van der Waals surface area contributed by atoms with Crippen LogP contribution < -0.4 is 22.5 Å². The number of rotatable bonds is 3. The predicted molar refractivity (Wildman–Crippen MR) is 232 cm³/mol. The summed E-state index contributed by atoms with van der Waals surface area (Å²) in [5.74, 6) is 12.2. The maximum absolute atomic E-state index is 13.2. The Labute approximate surface area is 342 Å². The molecule has 8 aromatic rings. The molecule has 0 saturated carbocycles. The Bertz CT molecular complexity index is 3260. The molecule has 0 bridgehead atoms. The molecule has 11 heteroatoms. The SMILES string of the molecule is CCc1cccc2c(=O)n(-c3ccc(C#Cc4ccccc4)cc3Cl)c(=O)n(C)c12.Cn1c(=O)n(-c2ccc(C#Cc3ccccc3)cc2Cl)c(=O)c2ncccc21. The third-order valence-corrected chi connectivity index (χ3v) is 10.0. The van der Waals surface area contributed by atoms with Crippen LogP contribution in [0.1, 0.15) is 34.7 Å². The lowest BCUT2D eigenvalue weighted by Gasteiger charge is -2.14. The zero-order valence-electron chi connectivity index (χ0n) is 31.5. The first kappa shape index (κ1) is 39.1. The highest BCUT2D eigenvalue weighted by Crippen LogP contribution is 2.22. The Morgan fingerprint density at radius 3 is 1.60 bits per heavy atom. The zero-order valence-corrected chi connectivity index (χ0v) is 33.0. The van der Waals surface area contributed by atoms with Crippen molar-refractivity contribution in [3.63, 3.8) is 0 Å². The van der Waals surface area contributed by atoms with Gasteiger partial charge in [-0.15, -0.1) is 0 Å². The lowest BCUT2D eigenvalue weighted by Crippen LogP contribution is -2.38. The highest BCUT2D eigenvalue weighted by atomic mass is 35.5. The van der Waals surface area contributed by atoms with Crippen LogP contribution in [0.5, 0.6) is 0 Å². The van der Waals surface area contributed by atoms with Crippen LogP contribution in [0.15, 0.2) is 153 Å². The Hall–Kier alpha value is -7.17. The number of benzene rings is 5. The summed E-state index contributed by atoms with van der Waals surface area (Å²) in [7, 11) is 3.27. The Kier molecular flexibility index (Phi) is 11.4. The lowest BCUT2D eigenvalue weighted by molar-refractivity contribution is 0.770. The van der Waals surface area contributed by atoms with E-state index in [1.165, 1.54) is 15.3 Å². The van der Waals surface area contributed by atoms with E-state index in [4.69, 9.17) is 23.2 Å². The number of hydrogen-bond acceptors (Lipinski definition) is 5. The average molecular weight is 803 g/mol. The topological polar surface area (TPSA) is 101 Å². The fourth-order valence-electron chi connectivity index (χ4n) is 6.46. The van der Waals surface area contributed by atoms with Gasteiger partial charge in [-0.05, 0) is 90.8 Å². The van der Waals surface area contributed by atoms with Crippen LogP contribution in [-0.2, 0) is 20.5 Å². The molecule has 0 atom stereocenters. The molecule has 9 nitrogen and oxygen atoms in total. The van der Waals surface area contributed by atoms with Crippen LogP contribution >= 0.6 is 23.2 Å². The summed E-state index contributed by atoms with van der Waals surface area (Å²) in [6.07, 6.45) is 2.24. The summed E-state index contributed by atoms with van der Waals surface area (Å²) >= 11 is 12.9. The summed E-state index contributed by atoms with van der Waals surface area (Å²) in [6.45, 7) is 2.00. The van der Waals surface area contributed by atoms with E-state index in [-0.39, 0.29) is 16.1 Å². The first-order valence-corrected chi connectivity index (χ1v) is 18.9. The van der Waals surface area contributed by atoms with Crippen LogP contribution in [0.2, 0.25) is 10.0 Å². The largest absolute Gasteiger partial charge is 0.336 e. The van der Waals surface area contributed by atoms with Crippen molar-refractivity contribution in [2.24, 2.45) is 14.1 Å². The molecule has 8 rings (SSSR count). The maximum atomic E-state index is 13.2. The van der Waals surface area contributed by atoms with E-state index in [9.17, 15) is 19.2 Å². The molecule has 0 saturated heterocycles. The number of pyridine rings is 1. The van der Waals surface area contributed by atoms with Crippen LogP contribution in [-0.4, -0.2) is 23.3 Å². The van der Waals surface area contributed by atoms with E-state index in [2.05, 4.69) is 28.7 Å². The minimum atomic E-state index is -0.510. The van der Waals surface area contributed by atoms with Crippen molar-refractivity contribution in [2.75, 3.05) is 0 Å². The third kappa shape index (κ3) is 7.78. The van der Waals surface area contributed by atoms with Crippen LogP contribution in [0.3, 0.4) is 0 Å². The molecule has 0 N–H and O–H groups in total. The summed E-state index contributed by atoms with van der Waals surface area (Å²) < 4.78 is 5.04. The molecule has 0 fully saturated rings. The molecule has 0 spiro atoms. The van der Waals surface area contributed by atoms with Crippen molar-refractivity contribution in [3.05, 3.63) is 213 Å². The van der Waals surface area contributed by atoms with Gasteiger partial charge in [0.05, 0.1) is 37.8 Å². The van der Waals surface area contributed by atoms with Gasteiger partial charge in [0.15, 0.2) is 5.52 Å². The molecule has 0 unspecified atom stereocenters. The molecule has 0 amide bonds. The standard InChI is InChI=1S/C25H19ClN2O2.C22H14ClN3O2/c1-3-19-10-7-11-20-23(19)27(2)25(30)28(24(20)29)22-15-14-18(16-21(22)26)13-12-17-8-5-4-6-9-17;1-25-19-8-5-13-24-20(19)21(27)26(22(25)28)18-12-11-16(14-17(18)23)10-9-15-6-3-2-4-7-15/h4-11,14-16H,3H2,1-2H3;2-8,11-14H,1H3. The number of fused-ring (bicyclic) bond motifs is 2. The normalized spacial score (nSPS) is 10.6. The van der Waals surface area contributed by atoms with Crippen molar-refractivity contribution in [1.29, 1.82) is 0 Å². The van der Waals surface area contributed by atoms with Gasteiger partial charge in [0.25, 0.3) is 11.1 Å². The highest BCUT2D eigenvalue weighted by Gasteiger charge is 2.18. The number of aryl methyl sites for hydroxylation is 3. The molecule has 0 aliphatic rings. The summed E-state index contributed by atoms with van der Waals surface area (Å²) in [4.78, 5) is 56.0. The second-order valence-corrected chi connectivity index (χ2v) is 13.9. The Morgan fingerprint density at radius 2 is 1.07 bits per heavy atom. The van der Waals surface area contributed by atoms with Crippen molar-refractivity contribution in [1.82, 2.24) is 23.3 Å². The smallest absolute Gasteiger partial charge is 0.296 e. The molecular weight excluding hydrogens is 769 g/mol. The number of halogens is 2. The highest BCUT2D eigenvalue weighted by molar-refractivity contribution is 6.32. The van der Waals surface area contributed by atoms with E-state index in [1.54, 1.807) is 68.7 Å². The van der Waals surface area contributed by atoms with E-state index in [1.807, 2.05) is 79.7 Å². The molecule has 0 aliphatic carbocycles. The molecule has 0 radical (unpaired) electrons. The third-order valence-electron chi connectivity index (χ3n) is 9.41. The van der Waals surface area contributed by atoms with E-state index in [0.29, 0.717) is 43.9 Å². The van der Waals surface area contributed by atoms with Crippen LogP contribution in [0.4, 0.5) is 0 Å². The van der Waals surface area contributed by atoms with Gasteiger partial charge in [-0.3, -0.25) is 18.7 Å². The van der Waals surface area contributed by atoms with E-state index in [0.717, 1.165) is 32.2 Å². The van der Waals surface area contributed by atoms with Gasteiger partial charge in [-0.2, -0.15) is 0 Å². The monoisotopic (exact) mass is 801 g/mol. The molecular formula is C47H33Cl2N5O4. The second-order valence-electron chi connectivity index (χ2n) is 13.1. The molecule has 58 heavy (non-hydrogen) atoms. The number of hydrogen-bond donors (Lipinski definition) is 0. The van der Waals surface area contributed by atoms with Crippen LogP contribution in [0, 0.1) is 23.7 Å². The van der Waals surface area contributed by atoms with Crippen molar-refractivity contribution in [2.45, 2.75) is 13.3 Å². The minimum Gasteiger partial charge on any atom is -0.296 e. The average Bonchev–Trinajstić information content (AvgIpc) is 3.25. The molecule has 0 aliphatic heterocycles. The fourth-order valence-corrected chi connectivity index (χ4v) is 6.99. The van der Waals surface area contributed by atoms with Crippen molar-refractivity contribution in [3.8, 4) is 35.1 Å². The van der Waals surface area contributed by atoms with Gasteiger partial charge in [-0.1, -0.05) is 102 Å². The number of para-hydroxylation sites is 1. The summed E-state index contributed by atoms with van der Waals surface area (Å²) in [6, 6.07) is 38.1. The summed E-state index contributed by atoms with van der Waals surface area (Å²) in [5, 5.41) is 1.04. The van der Waals surface area contributed by atoms with Gasteiger partial charge >= 0.3 is 11.4 Å². The fraction of sp³-hybridized carbons (Fsp3) is 0.0851. The van der Waals surface area contributed by atoms with E-state index >= 15 is 0 Å². The number of aromatic nitrogens is 5. The predicted octanol–water partition coefficient (Wildman–Crippen LogP) is 7.44. The quantitative estimate of drug-likeness (QED) is 0.173. The first-order chi connectivity index (χ1) is 28.1. The van der Waals surface area contributed by atoms with Crippen molar-refractivity contribution < 1.29 is 0 Å². The van der Waals surface area contributed by atoms with E-state index < -0.39 is 16.9 Å². The number of nitrogens with zero attached hydrogens (tertiary/aromatic N) is 5. The molecule has 284 valence electrons. The first-order valence-electron chi connectivity index (χ1n) is 18.1. The van der Waals surface area contributed by atoms with Crippen LogP contribution in [0.25, 0.3) is 33.3 Å². The van der Waals surface area contributed by atoms with Gasteiger partial charge < -0.3 is 0 Å². The molecule has 5 aromatic carbocycles. The van der Waals surface area contributed by atoms with Crippen molar-refractivity contribution >= 4 is 45.1 Å². The second kappa shape index (κ2) is 16.9. The van der Waals surface area contributed by atoms with Gasteiger partial charge in [0.2, 0.25) is 0 Å².